The van der Waals surface area contributed by atoms with Crippen molar-refractivity contribution in [3.63, 3.8) is 0 Å². The predicted octanol–water partition coefficient (Wildman–Crippen LogP) is 0.281. The van der Waals surface area contributed by atoms with E-state index in [1.807, 2.05) is 0 Å². The van der Waals surface area contributed by atoms with E-state index in [9.17, 15) is 14.4 Å². The molecule has 0 spiro atoms. The van der Waals surface area contributed by atoms with Crippen LogP contribution in [-0.2, 0) is 19.1 Å². The average molecular weight is 215 g/mol. The Labute approximate surface area is 89.2 Å². The van der Waals surface area contributed by atoms with Crippen molar-refractivity contribution in [1.29, 1.82) is 0 Å². The highest BCUT2D eigenvalue weighted by Gasteiger charge is 2.14. The van der Waals surface area contributed by atoms with Crippen LogP contribution in [0.15, 0.2) is 0 Å². The number of carbonyl (C=O) groups excluding carboxylic acids is 3. The molecule has 0 aromatic rings. The van der Waals surface area contributed by atoms with Gasteiger partial charge in [0.05, 0.1) is 7.11 Å². The van der Waals surface area contributed by atoms with Crippen LogP contribution in [-0.4, -0.2) is 31.3 Å². The molecule has 1 amide bonds. The Bertz CT molecular complexity index is 250. The van der Waals surface area contributed by atoms with E-state index in [0.29, 0.717) is 12.8 Å². The zero-order valence-electron chi connectivity index (χ0n) is 9.33. The second-order valence-corrected chi connectivity index (χ2v) is 3.44. The van der Waals surface area contributed by atoms with Gasteiger partial charge in [0, 0.05) is 12.3 Å². The summed E-state index contributed by atoms with van der Waals surface area (Å²) in [5.41, 5.74) is 0. The highest BCUT2D eigenvalue weighted by atomic mass is 16.5. The molecule has 0 bridgehead atoms. The lowest BCUT2D eigenvalue weighted by Gasteiger charge is -2.10. The summed E-state index contributed by atoms with van der Waals surface area (Å²) >= 11 is 0. The van der Waals surface area contributed by atoms with E-state index in [-0.39, 0.29) is 24.2 Å². The molecule has 86 valence electrons. The first-order valence-electron chi connectivity index (χ1n) is 4.81. The van der Waals surface area contributed by atoms with Crippen LogP contribution in [0.3, 0.4) is 0 Å². The summed E-state index contributed by atoms with van der Waals surface area (Å²) in [7, 11) is 1.26. The monoisotopic (exact) mass is 215 g/mol. The number of amides is 1. The summed E-state index contributed by atoms with van der Waals surface area (Å²) in [5, 5.41) is 2.43. The van der Waals surface area contributed by atoms with Crippen molar-refractivity contribution in [3.8, 4) is 0 Å². The number of hydrogen-bond donors (Lipinski definition) is 1. The van der Waals surface area contributed by atoms with Crippen molar-refractivity contribution < 1.29 is 19.1 Å². The van der Waals surface area contributed by atoms with E-state index in [1.54, 1.807) is 6.92 Å². The molecule has 0 aliphatic heterocycles. The quantitative estimate of drug-likeness (QED) is 0.646. The van der Waals surface area contributed by atoms with Gasteiger partial charge in [-0.3, -0.25) is 9.59 Å². The van der Waals surface area contributed by atoms with Crippen molar-refractivity contribution in [1.82, 2.24) is 5.32 Å². The van der Waals surface area contributed by atoms with Crippen LogP contribution in [0.25, 0.3) is 0 Å². The van der Waals surface area contributed by atoms with Gasteiger partial charge < -0.3 is 14.8 Å². The van der Waals surface area contributed by atoms with Crippen LogP contribution in [0.1, 0.15) is 26.7 Å². The Balaban J connectivity index is 3.79. The van der Waals surface area contributed by atoms with Gasteiger partial charge in [0.25, 0.3) is 0 Å². The predicted molar refractivity (Wildman–Crippen MR) is 54.1 cm³/mol. The molecule has 1 N–H and O–H groups in total. The molecule has 1 atom stereocenters. The molecular weight excluding hydrogens is 198 g/mol. The van der Waals surface area contributed by atoms with Crippen molar-refractivity contribution >= 4 is 17.7 Å². The Morgan fingerprint density at radius 1 is 1.33 bits per heavy atom. The second kappa shape index (κ2) is 6.98. The first kappa shape index (κ1) is 13.6. The van der Waals surface area contributed by atoms with E-state index in [0.717, 1.165) is 0 Å². The third kappa shape index (κ3) is 6.65. The molecule has 0 rings (SSSR count). The minimum Gasteiger partial charge on any atom is -0.468 e. The van der Waals surface area contributed by atoms with Crippen molar-refractivity contribution in [2.24, 2.45) is 5.92 Å². The fourth-order valence-electron chi connectivity index (χ4n) is 0.957. The summed E-state index contributed by atoms with van der Waals surface area (Å²) in [6, 6.07) is 0. The highest BCUT2D eigenvalue weighted by Crippen LogP contribution is 2.05. The summed E-state index contributed by atoms with van der Waals surface area (Å²) in [5.74, 6) is -0.926. The molecule has 0 aliphatic carbocycles. The van der Waals surface area contributed by atoms with Gasteiger partial charge in [0.15, 0.2) is 0 Å². The third-order valence-corrected chi connectivity index (χ3v) is 2.01. The van der Waals surface area contributed by atoms with Crippen molar-refractivity contribution in [2.75, 3.05) is 13.7 Å². The molecule has 15 heavy (non-hydrogen) atoms. The van der Waals surface area contributed by atoms with Crippen LogP contribution in [0.5, 0.6) is 0 Å². The van der Waals surface area contributed by atoms with Gasteiger partial charge in [-0.05, 0) is 13.3 Å². The van der Waals surface area contributed by atoms with E-state index in [4.69, 9.17) is 0 Å². The largest absolute Gasteiger partial charge is 0.468 e. The SMILES string of the molecule is COC(=O)CNC(=O)[C@@H](C)CCC(C)=O. The molecule has 0 heterocycles. The van der Waals surface area contributed by atoms with Gasteiger partial charge in [-0.25, -0.2) is 0 Å². The molecule has 5 nitrogen and oxygen atoms in total. The maximum Gasteiger partial charge on any atom is 0.325 e. The molecule has 5 heteroatoms. The van der Waals surface area contributed by atoms with E-state index in [2.05, 4.69) is 10.1 Å². The van der Waals surface area contributed by atoms with Gasteiger partial charge in [0.2, 0.25) is 5.91 Å². The summed E-state index contributed by atoms with van der Waals surface area (Å²) < 4.78 is 4.37. The third-order valence-electron chi connectivity index (χ3n) is 2.01. The molecule has 0 radical (unpaired) electrons. The first-order valence-corrected chi connectivity index (χ1v) is 4.81. The standard InChI is InChI=1S/C10H17NO4/c1-7(4-5-8(2)12)10(14)11-6-9(13)15-3/h7H,4-6H2,1-3H3,(H,11,14)/t7-/m0/s1. The second-order valence-electron chi connectivity index (χ2n) is 3.44. The summed E-state index contributed by atoms with van der Waals surface area (Å²) in [6.45, 7) is 3.08. The topological polar surface area (TPSA) is 72.5 Å². The first-order chi connectivity index (χ1) is 6.97. The number of hydrogen-bond acceptors (Lipinski definition) is 4. The van der Waals surface area contributed by atoms with E-state index in [1.165, 1.54) is 14.0 Å². The minimum atomic E-state index is -0.484. The van der Waals surface area contributed by atoms with Gasteiger partial charge in [-0.1, -0.05) is 6.92 Å². The zero-order valence-corrected chi connectivity index (χ0v) is 9.33. The van der Waals surface area contributed by atoms with Gasteiger partial charge in [-0.2, -0.15) is 0 Å². The van der Waals surface area contributed by atoms with Crippen molar-refractivity contribution in [2.45, 2.75) is 26.7 Å². The van der Waals surface area contributed by atoms with Crippen LogP contribution in [0, 0.1) is 5.92 Å². The normalized spacial score (nSPS) is 11.7. The summed E-state index contributed by atoms with van der Waals surface area (Å²) in [4.78, 5) is 32.7. The fourth-order valence-corrected chi connectivity index (χ4v) is 0.957. The summed E-state index contributed by atoms with van der Waals surface area (Å²) in [6.07, 6.45) is 0.884. The maximum absolute atomic E-state index is 11.3. The number of methoxy groups -OCH3 is 1. The molecule has 0 aromatic carbocycles. The van der Waals surface area contributed by atoms with E-state index >= 15 is 0 Å². The van der Waals surface area contributed by atoms with Gasteiger partial charge in [0.1, 0.15) is 12.3 Å². The molecule has 0 saturated heterocycles. The zero-order chi connectivity index (χ0) is 11.8. The Kier molecular flexibility index (Phi) is 6.33. The van der Waals surface area contributed by atoms with Crippen molar-refractivity contribution in [3.05, 3.63) is 0 Å². The lowest BCUT2D eigenvalue weighted by atomic mass is 10.0. The molecular formula is C10H17NO4. The number of Topliss-reactive ketones (excluding diaryl/α,β-unsaturated/α-hetero) is 1. The van der Waals surface area contributed by atoms with E-state index < -0.39 is 5.97 Å². The van der Waals surface area contributed by atoms with Crippen LogP contribution in [0.2, 0.25) is 0 Å². The molecule has 0 unspecified atom stereocenters. The van der Waals surface area contributed by atoms with Gasteiger partial charge in [-0.15, -0.1) is 0 Å². The maximum atomic E-state index is 11.3. The number of ketones is 1. The van der Waals surface area contributed by atoms with Crippen LogP contribution >= 0.6 is 0 Å². The van der Waals surface area contributed by atoms with Crippen LogP contribution < -0.4 is 5.32 Å². The molecule has 0 aromatic heterocycles. The van der Waals surface area contributed by atoms with Crippen LogP contribution in [0.4, 0.5) is 0 Å². The lowest BCUT2D eigenvalue weighted by Crippen LogP contribution is -2.34. The fraction of sp³-hybridized carbons (Fsp3) is 0.700. The average Bonchev–Trinajstić information content (AvgIpc) is 2.21. The Hall–Kier alpha value is -1.39. The highest BCUT2D eigenvalue weighted by molar-refractivity contribution is 5.83. The number of nitrogens with one attached hydrogen (secondary N) is 1. The van der Waals surface area contributed by atoms with Gasteiger partial charge >= 0.3 is 5.97 Å². The number of rotatable bonds is 6. The number of ether oxygens (including phenoxy) is 1. The smallest absolute Gasteiger partial charge is 0.325 e. The molecule has 0 aliphatic rings. The molecule has 0 fully saturated rings. The Morgan fingerprint density at radius 3 is 2.40 bits per heavy atom. The Morgan fingerprint density at radius 2 is 1.93 bits per heavy atom. The number of esters is 1. The molecule has 0 saturated carbocycles. The minimum absolute atomic E-state index is 0.0580. The number of carbonyl (C=O) groups is 3. The lowest BCUT2D eigenvalue weighted by molar-refractivity contribution is -0.141.